The summed E-state index contributed by atoms with van der Waals surface area (Å²) in [6.45, 7) is 3.61. The summed E-state index contributed by atoms with van der Waals surface area (Å²) < 4.78 is 47.7. The lowest BCUT2D eigenvalue weighted by molar-refractivity contribution is -0.153. The van der Waals surface area contributed by atoms with E-state index < -0.39 is 12.8 Å². The van der Waals surface area contributed by atoms with Crippen molar-refractivity contribution >= 4 is 34.9 Å². The standard InChI is InChI=1S/C22H24ClF3N2O2.ClH/c1-21(2,12-15-13-27-18-8-7-16(23)11-17(15)18)28-9-10-29-19-5-3-4-6-20(19)30-14-22(24,25)26;/h3-8,11,13,27-28H,9-10,12,14H2,1-2H3;1H. The molecule has 0 saturated carbocycles. The van der Waals surface area contributed by atoms with Crippen LogP contribution in [0.4, 0.5) is 13.2 Å². The molecule has 0 amide bonds. The van der Waals surface area contributed by atoms with Crippen molar-refractivity contribution in [2.45, 2.75) is 32.0 Å². The molecule has 1 heterocycles. The van der Waals surface area contributed by atoms with E-state index in [0.717, 1.165) is 22.9 Å². The third-order valence-corrected chi connectivity index (χ3v) is 4.80. The van der Waals surface area contributed by atoms with Crippen molar-refractivity contribution in [2.24, 2.45) is 0 Å². The van der Waals surface area contributed by atoms with E-state index in [1.807, 2.05) is 24.4 Å². The first-order chi connectivity index (χ1) is 14.1. The van der Waals surface area contributed by atoms with E-state index >= 15 is 0 Å². The SMILES string of the molecule is CC(C)(Cc1c[nH]c2ccc(Cl)cc12)NCCOc1ccccc1OCC(F)(F)F.Cl. The number of hydrogen-bond acceptors (Lipinski definition) is 3. The molecule has 0 spiro atoms. The molecule has 0 atom stereocenters. The summed E-state index contributed by atoms with van der Waals surface area (Å²) in [5, 5.41) is 5.21. The van der Waals surface area contributed by atoms with Gasteiger partial charge < -0.3 is 19.8 Å². The van der Waals surface area contributed by atoms with Crippen LogP contribution >= 0.6 is 24.0 Å². The first-order valence-electron chi connectivity index (χ1n) is 9.55. The van der Waals surface area contributed by atoms with Crippen LogP contribution in [-0.4, -0.2) is 36.5 Å². The second-order valence-electron chi connectivity index (χ2n) is 7.69. The zero-order valence-corrected chi connectivity index (χ0v) is 18.8. The Morgan fingerprint density at radius 1 is 1.03 bits per heavy atom. The smallest absolute Gasteiger partial charge is 0.422 e. The fraction of sp³-hybridized carbons (Fsp3) is 0.364. The lowest BCUT2D eigenvalue weighted by Gasteiger charge is -2.26. The molecule has 0 aliphatic carbocycles. The monoisotopic (exact) mass is 476 g/mol. The number of nitrogens with one attached hydrogen (secondary N) is 2. The van der Waals surface area contributed by atoms with E-state index in [-0.39, 0.29) is 36.1 Å². The molecule has 170 valence electrons. The minimum absolute atomic E-state index is 0. The summed E-state index contributed by atoms with van der Waals surface area (Å²) in [5.74, 6) is 0.359. The highest BCUT2D eigenvalue weighted by Gasteiger charge is 2.29. The number of para-hydroxylation sites is 2. The van der Waals surface area contributed by atoms with E-state index in [0.29, 0.717) is 11.6 Å². The number of aromatic amines is 1. The highest BCUT2D eigenvalue weighted by Crippen LogP contribution is 2.29. The molecule has 9 heteroatoms. The maximum absolute atomic E-state index is 12.4. The molecule has 0 unspecified atom stereocenters. The van der Waals surface area contributed by atoms with Gasteiger partial charge in [-0.25, -0.2) is 0 Å². The molecular weight excluding hydrogens is 452 g/mol. The van der Waals surface area contributed by atoms with Gasteiger partial charge in [0.2, 0.25) is 0 Å². The molecule has 0 radical (unpaired) electrons. The molecule has 2 N–H and O–H groups in total. The first kappa shape index (κ1) is 25.2. The van der Waals surface area contributed by atoms with E-state index in [1.165, 1.54) is 6.07 Å². The number of aromatic nitrogens is 1. The molecule has 0 saturated heterocycles. The lowest BCUT2D eigenvalue weighted by atomic mass is 9.94. The second kappa shape index (κ2) is 10.5. The summed E-state index contributed by atoms with van der Waals surface area (Å²) in [5.41, 5.74) is 1.95. The Labute approximate surface area is 190 Å². The average molecular weight is 477 g/mol. The van der Waals surface area contributed by atoms with Crippen LogP contribution in [0.2, 0.25) is 5.02 Å². The van der Waals surface area contributed by atoms with Gasteiger partial charge in [-0.3, -0.25) is 0 Å². The Balaban J connectivity index is 0.00000341. The number of rotatable bonds is 9. The van der Waals surface area contributed by atoms with Gasteiger partial charge in [-0.15, -0.1) is 12.4 Å². The average Bonchev–Trinajstić information content (AvgIpc) is 3.05. The first-order valence-corrected chi connectivity index (χ1v) is 9.93. The Morgan fingerprint density at radius 2 is 1.71 bits per heavy atom. The summed E-state index contributed by atoms with van der Waals surface area (Å²) in [6.07, 6.45) is -1.65. The van der Waals surface area contributed by atoms with E-state index in [9.17, 15) is 13.2 Å². The minimum atomic E-state index is -4.40. The van der Waals surface area contributed by atoms with Crippen molar-refractivity contribution in [1.29, 1.82) is 0 Å². The van der Waals surface area contributed by atoms with Crippen LogP contribution in [0, 0.1) is 0 Å². The predicted molar refractivity (Wildman–Crippen MR) is 120 cm³/mol. The van der Waals surface area contributed by atoms with Crippen molar-refractivity contribution < 1.29 is 22.6 Å². The number of benzene rings is 2. The molecule has 31 heavy (non-hydrogen) atoms. The maximum atomic E-state index is 12.4. The number of ether oxygens (including phenoxy) is 2. The molecule has 0 fully saturated rings. The lowest BCUT2D eigenvalue weighted by Crippen LogP contribution is -2.43. The zero-order valence-electron chi connectivity index (χ0n) is 17.2. The number of hydrogen-bond donors (Lipinski definition) is 2. The summed E-state index contributed by atoms with van der Waals surface area (Å²) in [4.78, 5) is 3.25. The molecule has 0 bridgehead atoms. The fourth-order valence-corrected chi connectivity index (χ4v) is 3.41. The third kappa shape index (κ3) is 7.52. The number of alkyl halides is 3. The summed E-state index contributed by atoms with van der Waals surface area (Å²) >= 11 is 6.12. The van der Waals surface area contributed by atoms with Crippen LogP contribution in [0.25, 0.3) is 10.9 Å². The minimum Gasteiger partial charge on any atom is -0.488 e. The van der Waals surface area contributed by atoms with Crippen molar-refractivity contribution in [1.82, 2.24) is 10.3 Å². The molecule has 2 aromatic carbocycles. The van der Waals surface area contributed by atoms with Gasteiger partial charge in [0.05, 0.1) is 0 Å². The number of H-pyrrole nitrogens is 1. The highest BCUT2D eigenvalue weighted by molar-refractivity contribution is 6.31. The van der Waals surface area contributed by atoms with E-state index in [1.54, 1.807) is 18.2 Å². The molecule has 0 aliphatic heterocycles. The Hall–Kier alpha value is -2.09. The van der Waals surface area contributed by atoms with Gasteiger partial charge in [0.15, 0.2) is 18.1 Å². The van der Waals surface area contributed by atoms with Gasteiger partial charge in [-0.05, 0) is 56.2 Å². The van der Waals surface area contributed by atoms with Gasteiger partial charge in [0.1, 0.15) is 6.61 Å². The Bertz CT molecular complexity index is 990. The van der Waals surface area contributed by atoms with Crippen LogP contribution in [0.1, 0.15) is 19.4 Å². The fourth-order valence-electron chi connectivity index (χ4n) is 3.23. The van der Waals surface area contributed by atoms with Crippen LogP contribution in [0.3, 0.4) is 0 Å². The van der Waals surface area contributed by atoms with E-state index in [2.05, 4.69) is 24.1 Å². The molecule has 3 aromatic rings. The van der Waals surface area contributed by atoms with Crippen LogP contribution in [0.5, 0.6) is 11.5 Å². The van der Waals surface area contributed by atoms with Crippen LogP contribution in [0.15, 0.2) is 48.7 Å². The normalized spacial score (nSPS) is 11.9. The molecule has 1 aromatic heterocycles. The number of halogens is 5. The summed E-state index contributed by atoms with van der Waals surface area (Å²) in [7, 11) is 0. The predicted octanol–water partition coefficient (Wildman–Crippen LogP) is 6.17. The van der Waals surface area contributed by atoms with Crippen molar-refractivity contribution in [3.8, 4) is 11.5 Å². The highest BCUT2D eigenvalue weighted by atomic mass is 35.5. The molecule has 0 aliphatic rings. The maximum Gasteiger partial charge on any atom is 0.422 e. The van der Waals surface area contributed by atoms with Gasteiger partial charge in [-0.1, -0.05) is 23.7 Å². The van der Waals surface area contributed by atoms with Gasteiger partial charge in [-0.2, -0.15) is 13.2 Å². The topological polar surface area (TPSA) is 46.3 Å². The van der Waals surface area contributed by atoms with Crippen LogP contribution < -0.4 is 14.8 Å². The van der Waals surface area contributed by atoms with E-state index in [4.69, 9.17) is 21.1 Å². The molecule has 4 nitrogen and oxygen atoms in total. The number of fused-ring (bicyclic) bond motifs is 1. The van der Waals surface area contributed by atoms with Crippen molar-refractivity contribution in [3.63, 3.8) is 0 Å². The Morgan fingerprint density at radius 3 is 2.39 bits per heavy atom. The summed E-state index contributed by atoms with van der Waals surface area (Å²) in [6, 6.07) is 12.1. The third-order valence-electron chi connectivity index (χ3n) is 4.57. The van der Waals surface area contributed by atoms with Crippen molar-refractivity contribution in [2.75, 3.05) is 19.8 Å². The largest absolute Gasteiger partial charge is 0.488 e. The Kier molecular flexibility index (Phi) is 8.51. The quantitative estimate of drug-likeness (QED) is 0.362. The molecular formula is C22H25Cl2F3N2O2. The van der Waals surface area contributed by atoms with Gasteiger partial charge in [0.25, 0.3) is 0 Å². The van der Waals surface area contributed by atoms with Gasteiger partial charge >= 0.3 is 6.18 Å². The van der Waals surface area contributed by atoms with Gasteiger partial charge in [0, 0.05) is 34.2 Å². The molecule has 3 rings (SSSR count). The zero-order chi connectivity index (χ0) is 21.8. The van der Waals surface area contributed by atoms with Crippen LogP contribution in [-0.2, 0) is 6.42 Å². The van der Waals surface area contributed by atoms with Crippen molar-refractivity contribution in [3.05, 3.63) is 59.2 Å². The second-order valence-corrected chi connectivity index (χ2v) is 8.13.